The van der Waals surface area contributed by atoms with E-state index in [0.29, 0.717) is 23.6 Å². The van der Waals surface area contributed by atoms with Gasteiger partial charge >= 0.3 is 0 Å². The lowest BCUT2D eigenvalue weighted by atomic mass is 9.81. The molecule has 2 N–H and O–H groups in total. The molecule has 0 unspecified atom stereocenters. The van der Waals surface area contributed by atoms with E-state index >= 15 is 0 Å². The standard InChI is InChI=1S/C26H27N3/c27-17-20-11-13-21(14-12-20)18-28-24-15-16-25(29-19-24)26(22-7-3-1-4-8-22)23-9-5-2-6-10-23/h1-14,24-26,28-29H,15-16,18-19H2/t24-,25-/m0/s1. The van der Waals surface area contributed by atoms with Crippen LogP contribution in [0.5, 0.6) is 0 Å². The molecular weight excluding hydrogens is 354 g/mol. The minimum atomic E-state index is 0.372. The first-order valence-corrected chi connectivity index (χ1v) is 10.4. The molecule has 0 spiro atoms. The van der Waals surface area contributed by atoms with Crippen LogP contribution in [0.3, 0.4) is 0 Å². The van der Waals surface area contributed by atoms with Crippen LogP contribution >= 0.6 is 0 Å². The van der Waals surface area contributed by atoms with E-state index in [-0.39, 0.29) is 0 Å². The number of benzene rings is 3. The molecule has 1 aliphatic rings. The van der Waals surface area contributed by atoms with Crippen molar-refractivity contribution >= 4 is 0 Å². The number of hydrogen-bond donors (Lipinski definition) is 2. The van der Waals surface area contributed by atoms with Crippen LogP contribution in [0.4, 0.5) is 0 Å². The minimum absolute atomic E-state index is 0.372. The van der Waals surface area contributed by atoms with E-state index in [1.54, 1.807) is 0 Å². The Morgan fingerprint density at radius 3 is 2.00 bits per heavy atom. The highest BCUT2D eigenvalue weighted by atomic mass is 15.0. The molecule has 4 rings (SSSR count). The molecule has 0 aliphatic carbocycles. The summed E-state index contributed by atoms with van der Waals surface area (Å²) >= 11 is 0. The number of hydrogen-bond acceptors (Lipinski definition) is 3. The van der Waals surface area contributed by atoms with Gasteiger partial charge in [-0.25, -0.2) is 0 Å². The molecule has 0 amide bonds. The van der Waals surface area contributed by atoms with Crippen LogP contribution in [0.15, 0.2) is 84.9 Å². The van der Waals surface area contributed by atoms with Crippen molar-refractivity contribution in [2.75, 3.05) is 6.54 Å². The zero-order valence-corrected chi connectivity index (χ0v) is 16.6. The molecule has 1 heterocycles. The van der Waals surface area contributed by atoms with Crippen molar-refractivity contribution in [2.45, 2.75) is 37.4 Å². The monoisotopic (exact) mass is 381 g/mol. The smallest absolute Gasteiger partial charge is 0.0991 e. The zero-order valence-electron chi connectivity index (χ0n) is 16.6. The van der Waals surface area contributed by atoms with Gasteiger partial charge in [-0.05, 0) is 41.7 Å². The van der Waals surface area contributed by atoms with Gasteiger partial charge < -0.3 is 10.6 Å². The van der Waals surface area contributed by atoms with Crippen LogP contribution in [0, 0.1) is 11.3 Å². The molecule has 0 bridgehead atoms. The lowest BCUT2D eigenvalue weighted by Gasteiger charge is -2.36. The molecule has 0 aromatic heterocycles. The van der Waals surface area contributed by atoms with Gasteiger partial charge in [-0.3, -0.25) is 0 Å². The van der Waals surface area contributed by atoms with Crippen molar-refractivity contribution in [2.24, 2.45) is 0 Å². The second kappa shape index (κ2) is 9.52. The van der Waals surface area contributed by atoms with Crippen LogP contribution in [0.25, 0.3) is 0 Å². The van der Waals surface area contributed by atoms with Gasteiger partial charge in [-0.1, -0.05) is 72.8 Å². The molecule has 146 valence electrons. The molecule has 3 nitrogen and oxygen atoms in total. The van der Waals surface area contributed by atoms with Crippen molar-refractivity contribution < 1.29 is 0 Å². The Balaban J connectivity index is 1.38. The second-order valence-electron chi connectivity index (χ2n) is 7.78. The van der Waals surface area contributed by atoms with Crippen molar-refractivity contribution in [3.63, 3.8) is 0 Å². The first-order chi connectivity index (χ1) is 14.3. The van der Waals surface area contributed by atoms with Crippen LogP contribution in [-0.2, 0) is 6.54 Å². The number of rotatable bonds is 6. The predicted octanol–water partition coefficient (Wildman–Crippen LogP) is 4.60. The highest BCUT2D eigenvalue weighted by Crippen LogP contribution is 2.31. The summed E-state index contributed by atoms with van der Waals surface area (Å²) < 4.78 is 0. The average molecular weight is 382 g/mol. The Labute approximate surface area is 173 Å². The third kappa shape index (κ3) is 4.92. The Hall–Kier alpha value is -2.93. The predicted molar refractivity (Wildman–Crippen MR) is 118 cm³/mol. The highest BCUT2D eigenvalue weighted by Gasteiger charge is 2.29. The average Bonchev–Trinajstić information content (AvgIpc) is 2.80. The Kier molecular flexibility index (Phi) is 6.36. The van der Waals surface area contributed by atoms with Gasteiger partial charge in [-0.2, -0.15) is 5.26 Å². The van der Waals surface area contributed by atoms with E-state index in [9.17, 15) is 0 Å². The first-order valence-electron chi connectivity index (χ1n) is 10.4. The van der Waals surface area contributed by atoms with E-state index in [4.69, 9.17) is 5.26 Å². The molecule has 2 atom stereocenters. The number of nitriles is 1. The fraction of sp³-hybridized carbons (Fsp3) is 0.269. The number of nitrogens with one attached hydrogen (secondary N) is 2. The normalized spacial score (nSPS) is 19.0. The molecule has 3 aromatic rings. The van der Waals surface area contributed by atoms with Gasteiger partial charge in [0, 0.05) is 31.1 Å². The van der Waals surface area contributed by atoms with Crippen LogP contribution < -0.4 is 10.6 Å². The summed E-state index contributed by atoms with van der Waals surface area (Å²) in [5, 5.41) is 16.4. The van der Waals surface area contributed by atoms with E-state index in [1.807, 2.05) is 24.3 Å². The molecule has 1 aliphatic heterocycles. The van der Waals surface area contributed by atoms with Gasteiger partial charge in [0.25, 0.3) is 0 Å². The zero-order chi connectivity index (χ0) is 19.9. The lowest BCUT2D eigenvalue weighted by molar-refractivity contribution is 0.307. The molecule has 3 heteroatoms. The molecular formula is C26H27N3. The third-order valence-electron chi connectivity index (χ3n) is 5.85. The maximum absolute atomic E-state index is 8.92. The summed E-state index contributed by atoms with van der Waals surface area (Å²) in [6.45, 7) is 1.81. The van der Waals surface area contributed by atoms with Gasteiger partial charge in [0.15, 0.2) is 0 Å². The lowest BCUT2D eigenvalue weighted by Crippen LogP contribution is -2.49. The molecule has 3 aromatic carbocycles. The first kappa shape index (κ1) is 19.4. The fourth-order valence-electron chi connectivity index (χ4n) is 4.27. The summed E-state index contributed by atoms with van der Waals surface area (Å²) in [6.07, 6.45) is 2.30. The van der Waals surface area contributed by atoms with E-state index < -0.39 is 0 Å². The third-order valence-corrected chi connectivity index (χ3v) is 5.85. The van der Waals surface area contributed by atoms with Crippen LogP contribution in [-0.4, -0.2) is 18.6 Å². The van der Waals surface area contributed by atoms with Gasteiger partial charge in [0.2, 0.25) is 0 Å². The van der Waals surface area contributed by atoms with Crippen LogP contribution in [0.1, 0.15) is 41.0 Å². The summed E-state index contributed by atoms with van der Waals surface area (Å²) in [6, 6.07) is 32.6. The van der Waals surface area contributed by atoms with E-state index in [1.165, 1.54) is 16.7 Å². The molecule has 1 fully saturated rings. The van der Waals surface area contributed by atoms with E-state index in [2.05, 4.69) is 77.4 Å². The maximum atomic E-state index is 8.92. The molecule has 0 saturated carbocycles. The SMILES string of the molecule is N#Cc1ccc(CN[C@H]2CC[C@@H](C(c3ccccc3)c3ccccc3)NC2)cc1. The van der Waals surface area contributed by atoms with Gasteiger partial charge in [0.05, 0.1) is 11.6 Å². The summed E-state index contributed by atoms with van der Waals surface area (Å²) in [5.74, 6) is 0.372. The Bertz CT molecular complexity index is 882. The van der Waals surface area contributed by atoms with Gasteiger partial charge in [0.1, 0.15) is 0 Å². The van der Waals surface area contributed by atoms with Crippen LogP contribution in [0.2, 0.25) is 0 Å². The number of nitrogens with zero attached hydrogens (tertiary/aromatic N) is 1. The fourth-order valence-corrected chi connectivity index (χ4v) is 4.27. The van der Waals surface area contributed by atoms with Gasteiger partial charge in [-0.15, -0.1) is 0 Å². The highest BCUT2D eigenvalue weighted by molar-refractivity contribution is 5.35. The van der Waals surface area contributed by atoms with E-state index in [0.717, 1.165) is 25.9 Å². The van der Waals surface area contributed by atoms with Crippen molar-refractivity contribution in [3.05, 3.63) is 107 Å². The Morgan fingerprint density at radius 2 is 1.48 bits per heavy atom. The number of piperidine rings is 1. The van der Waals surface area contributed by atoms with Crippen molar-refractivity contribution in [1.29, 1.82) is 5.26 Å². The largest absolute Gasteiger partial charge is 0.311 e. The maximum Gasteiger partial charge on any atom is 0.0991 e. The Morgan fingerprint density at radius 1 is 0.862 bits per heavy atom. The minimum Gasteiger partial charge on any atom is -0.311 e. The molecule has 0 radical (unpaired) electrons. The van der Waals surface area contributed by atoms with Crippen molar-refractivity contribution in [3.8, 4) is 6.07 Å². The summed E-state index contributed by atoms with van der Waals surface area (Å²) in [7, 11) is 0. The topological polar surface area (TPSA) is 47.9 Å². The second-order valence-corrected chi connectivity index (χ2v) is 7.78. The molecule has 29 heavy (non-hydrogen) atoms. The van der Waals surface area contributed by atoms with Crippen molar-refractivity contribution in [1.82, 2.24) is 10.6 Å². The summed E-state index contributed by atoms with van der Waals surface area (Å²) in [5.41, 5.74) is 4.68. The quantitative estimate of drug-likeness (QED) is 0.656. The summed E-state index contributed by atoms with van der Waals surface area (Å²) in [4.78, 5) is 0. The molecule has 1 saturated heterocycles.